The lowest BCUT2D eigenvalue weighted by molar-refractivity contribution is -0.140. The van der Waals surface area contributed by atoms with E-state index in [0.717, 1.165) is 50.4 Å². The van der Waals surface area contributed by atoms with E-state index < -0.39 is 18.4 Å². The largest absolute Gasteiger partial charge is 0.480 e. The molecule has 0 unspecified atom stereocenters. The number of fused-ring (bicyclic) bond motifs is 4. The van der Waals surface area contributed by atoms with Crippen LogP contribution < -0.4 is 4.90 Å². The minimum Gasteiger partial charge on any atom is -0.480 e. The molecule has 1 amide bonds. The van der Waals surface area contributed by atoms with Crippen molar-refractivity contribution in [2.45, 2.75) is 13.8 Å². The molecule has 0 atom stereocenters. The van der Waals surface area contributed by atoms with E-state index in [1.807, 2.05) is 24.3 Å². The van der Waals surface area contributed by atoms with Crippen LogP contribution in [0, 0.1) is 13.8 Å². The second-order valence-electron chi connectivity index (χ2n) is 16.4. The molecule has 314 valence electrons. The lowest BCUT2D eigenvalue weighted by Crippen LogP contribution is -2.33. The minimum atomic E-state index is -1.11. The number of thioether (sulfide) groups is 1. The van der Waals surface area contributed by atoms with Crippen molar-refractivity contribution in [1.29, 1.82) is 0 Å². The molecule has 7 heteroatoms. The van der Waals surface area contributed by atoms with E-state index in [-0.39, 0.29) is 4.32 Å². The van der Waals surface area contributed by atoms with Crippen molar-refractivity contribution in [1.82, 2.24) is 4.90 Å². The van der Waals surface area contributed by atoms with Crippen molar-refractivity contribution in [2.75, 3.05) is 11.4 Å². The van der Waals surface area contributed by atoms with E-state index in [9.17, 15) is 14.7 Å². The molecule has 7 aromatic rings. The highest BCUT2D eigenvalue weighted by molar-refractivity contribution is 8.26. The first-order valence-electron chi connectivity index (χ1n) is 21.4. The lowest BCUT2D eigenvalue weighted by atomic mass is 9.91. The number of thiocarbonyl (C=S) groups is 1. The summed E-state index contributed by atoms with van der Waals surface area (Å²) in [5, 5.41) is 9.32. The molecule has 0 radical (unpaired) electrons. The standard InChI is InChI=1S/C58H42N2O3S2/c1-37-11-29-51-44(31-37)21-19-42-7-3-5-9-49(42)53(51)33-39-13-23-46(24-14-39)60(48-27-17-41(18-28-48)35-55-57(63)59(36-56(61)62)58(64)65-55)47-25-15-40(16-26-47)34-54-50-10-6-4-8-43(50)20-22-45-32-38(2)12-30-52(45)54/h3-35H,36H2,1-2H3,(H,61,62)/b53-33?,54-34?,55-35-. The van der Waals surface area contributed by atoms with Crippen molar-refractivity contribution in [3.05, 3.63) is 235 Å². The number of benzene rings is 7. The van der Waals surface area contributed by atoms with Crippen LogP contribution >= 0.6 is 24.0 Å². The predicted molar refractivity (Wildman–Crippen MR) is 276 cm³/mol. The van der Waals surface area contributed by atoms with Gasteiger partial charge in [0.15, 0.2) is 0 Å². The molecule has 3 aliphatic rings. The van der Waals surface area contributed by atoms with Gasteiger partial charge in [0.05, 0.1) is 4.91 Å². The topological polar surface area (TPSA) is 60.9 Å². The van der Waals surface area contributed by atoms with Crippen LogP contribution in [-0.4, -0.2) is 32.7 Å². The summed E-state index contributed by atoms with van der Waals surface area (Å²) in [6.45, 7) is 3.80. The molecule has 1 heterocycles. The molecule has 0 aromatic heterocycles. The first-order valence-corrected chi connectivity index (χ1v) is 22.7. The maximum Gasteiger partial charge on any atom is 0.323 e. The third-order valence-electron chi connectivity index (χ3n) is 11.9. The van der Waals surface area contributed by atoms with Crippen molar-refractivity contribution in [3.63, 3.8) is 0 Å². The Balaban J connectivity index is 1.03. The molecule has 65 heavy (non-hydrogen) atoms. The van der Waals surface area contributed by atoms with E-state index >= 15 is 0 Å². The summed E-state index contributed by atoms with van der Waals surface area (Å²) in [6, 6.07) is 55.8. The van der Waals surface area contributed by atoms with Crippen molar-refractivity contribution in [2.24, 2.45) is 0 Å². The van der Waals surface area contributed by atoms with E-state index in [1.54, 1.807) is 6.08 Å². The Kier molecular flexibility index (Phi) is 11.2. The second-order valence-corrected chi connectivity index (χ2v) is 18.1. The third-order valence-corrected chi connectivity index (χ3v) is 13.3. The van der Waals surface area contributed by atoms with Crippen LogP contribution in [0.15, 0.2) is 163 Å². The lowest BCUT2D eigenvalue weighted by Gasteiger charge is -2.26. The first-order chi connectivity index (χ1) is 31.6. The zero-order valence-corrected chi connectivity index (χ0v) is 37.4. The Morgan fingerprint density at radius 2 is 0.954 bits per heavy atom. The highest BCUT2D eigenvalue weighted by Gasteiger charge is 2.33. The average molecular weight is 879 g/mol. The maximum absolute atomic E-state index is 13.1. The van der Waals surface area contributed by atoms with Crippen molar-refractivity contribution in [3.8, 4) is 0 Å². The quantitative estimate of drug-likeness (QED) is 0.121. The molecular formula is C58H42N2O3S2. The zero-order valence-electron chi connectivity index (χ0n) is 35.7. The van der Waals surface area contributed by atoms with Crippen molar-refractivity contribution < 1.29 is 14.7 Å². The number of carboxylic acids is 1. The summed E-state index contributed by atoms with van der Waals surface area (Å²) < 4.78 is 0.239. The van der Waals surface area contributed by atoms with Gasteiger partial charge in [-0.1, -0.05) is 181 Å². The van der Waals surface area contributed by atoms with E-state index in [0.29, 0.717) is 4.91 Å². The number of amides is 1. The Hall–Kier alpha value is -7.58. The van der Waals surface area contributed by atoms with Crippen LogP contribution in [0.2, 0.25) is 0 Å². The van der Waals surface area contributed by atoms with Gasteiger partial charge in [-0.25, -0.2) is 0 Å². The second kappa shape index (κ2) is 17.5. The SMILES string of the molecule is Cc1ccc2c(c1)C=Cc1ccccc1C2=Cc1ccc(N(c2ccc(C=C3c4ccccc4C=Cc4cc(C)ccc43)cc2)c2ccc(/C=C3\SC(=S)N(CC(=O)O)C3=O)cc2)cc1. The average Bonchev–Trinajstić information content (AvgIpc) is 3.41. The molecule has 0 spiro atoms. The Morgan fingerprint density at radius 1 is 0.554 bits per heavy atom. The fourth-order valence-electron chi connectivity index (χ4n) is 8.73. The molecular weight excluding hydrogens is 837 g/mol. The van der Waals surface area contributed by atoms with Crippen molar-refractivity contribution >= 4 is 111 Å². The van der Waals surface area contributed by atoms with Crippen LogP contribution in [0.3, 0.4) is 0 Å². The van der Waals surface area contributed by atoms with E-state index in [2.05, 4.69) is 189 Å². The van der Waals surface area contributed by atoms with Gasteiger partial charge in [-0.3, -0.25) is 14.5 Å². The van der Waals surface area contributed by atoms with Gasteiger partial charge < -0.3 is 10.0 Å². The molecule has 10 rings (SSSR count). The number of nitrogens with zero attached hydrogens (tertiary/aromatic N) is 2. The number of rotatable bonds is 8. The van der Waals surface area contributed by atoms with Gasteiger partial charge in [0, 0.05) is 17.1 Å². The molecule has 1 aliphatic heterocycles. The smallest absolute Gasteiger partial charge is 0.323 e. The summed E-state index contributed by atoms with van der Waals surface area (Å²) in [7, 11) is 0. The number of aliphatic carboxylic acids is 1. The molecule has 1 saturated heterocycles. The van der Waals surface area contributed by atoms with Gasteiger partial charge >= 0.3 is 5.97 Å². The Morgan fingerprint density at radius 3 is 1.40 bits per heavy atom. The number of hydrogen-bond donors (Lipinski definition) is 1. The predicted octanol–water partition coefficient (Wildman–Crippen LogP) is 14.2. The number of anilines is 3. The van der Waals surface area contributed by atoms with Crippen LogP contribution in [0.4, 0.5) is 17.1 Å². The van der Waals surface area contributed by atoms with Crippen LogP contribution in [0.25, 0.3) is 53.7 Å². The molecule has 1 fully saturated rings. The molecule has 7 aromatic carbocycles. The monoisotopic (exact) mass is 878 g/mol. The number of carbonyl (C=O) groups is 2. The number of hydrogen-bond acceptors (Lipinski definition) is 5. The molecule has 0 bridgehead atoms. The fourth-order valence-corrected chi connectivity index (χ4v) is 9.98. The minimum absolute atomic E-state index is 0.239. The highest BCUT2D eigenvalue weighted by atomic mass is 32.2. The van der Waals surface area contributed by atoms with E-state index in [1.165, 1.54) is 66.8 Å². The Labute approximate surface area is 388 Å². The van der Waals surface area contributed by atoms with E-state index in [4.69, 9.17) is 12.2 Å². The highest BCUT2D eigenvalue weighted by Crippen LogP contribution is 2.40. The molecule has 5 nitrogen and oxygen atoms in total. The van der Waals surface area contributed by atoms with Gasteiger partial charge in [-0.15, -0.1) is 0 Å². The normalized spacial score (nSPS) is 15.7. The molecule has 0 saturated carbocycles. The number of aryl methyl sites for hydroxylation is 2. The Bertz CT molecular complexity index is 3060. The van der Waals surface area contributed by atoms with Crippen LogP contribution in [0.5, 0.6) is 0 Å². The first kappa shape index (κ1) is 41.4. The summed E-state index contributed by atoms with van der Waals surface area (Å²) in [6.07, 6.45) is 15.2. The van der Waals surface area contributed by atoms with Gasteiger partial charge in [0.25, 0.3) is 5.91 Å². The van der Waals surface area contributed by atoms with Gasteiger partial charge in [0.2, 0.25) is 0 Å². The number of carbonyl (C=O) groups excluding carboxylic acids is 1. The van der Waals surface area contributed by atoms with Gasteiger partial charge in [0.1, 0.15) is 10.9 Å². The summed E-state index contributed by atoms with van der Waals surface area (Å²) in [5.41, 5.74) is 20.2. The molecule has 2 aliphatic carbocycles. The fraction of sp³-hybridized carbons (Fsp3) is 0.0517. The summed E-state index contributed by atoms with van der Waals surface area (Å²) in [5.74, 6) is -1.51. The van der Waals surface area contributed by atoms with Crippen LogP contribution in [0.1, 0.15) is 72.3 Å². The number of carboxylic acid groups (broad SMARTS) is 1. The van der Waals surface area contributed by atoms with Crippen LogP contribution in [-0.2, 0) is 9.59 Å². The summed E-state index contributed by atoms with van der Waals surface area (Å²) >= 11 is 6.46. The molecule has 1 N–H and O–H groups in total. The summed E-state index contributed by atoms with van der Waals surface area (Å²) in [4.78, 5) is 28.2. The third kappa shape index (κ3) is 8.47. The van der Waals surface area contributed by atoms with Gasteiger partial charge in [-0.2, -0.15) is 0 Å². The van der Waals surface area contributed by atoms with Gasteiger partial charge in [-0.05, 0) is 141 Å². The zero-order chi connectivity index (χ0) is 44.6. The maximum atomic E-state index is 13.1.